The lowest BCUT2D eigenvalue weighted by Crippen LogP contribution is -2.45. The Bertz CT molecular complexity index is 614. The molecular formula is C15H22F2N2O2S. The van der Waals surface area contributed by atoms with Gasteiger partial charge in [-0.25, -0.2) is 21.5 Å². The van der Waals surface area contributed by atoms with Crippen molar-refractivity contribution in [2.45, 2.75) is 31.7 Å². The summed E-state index contributed by atoms with van der Waals surface area (Å²) in [6.07, 6.45) is 2.75. The topological polar surface area (TPSA) is 49.4 Å². The molecule has 0 spiro atoms. The summed E-state index contributed by atoms with van der Waals surface area (Å²) in [7, 11) is -3.10. The number of rotatable bonds is 5. The standard InChI is InChI=1S/C15H22F2N2O2S/c1-11(12-3-4-14(16)15(17)9-12)10-18-13-5-7-19(8-6-13)22(2,20)21/h3-4,9,11,13,18H,5-8,10H2,1-2H3/t11-/m0/s1. The van der Waals surface area contributed by atoms with Gasteiger partial charge in [0.15, 0.2) is 11.6 Å². The van der Waals surface area contributed by atoms with Crippen LogP contribution in [0.5, 0.6) is 0 Å². The van der Waals surface area contributed by atoms with Crippen molar-refractivity contribution in [2.75, 3.05) is 25.9 Å². The van der Waals surface area contributed by atoms with E-state index in [1.165, 1.54) is 16.6 Å². The lowest BCUT2D eigenvalue weighted by molar-refractivity contribution is 0.289. The number of hydrogen-bond donors (Lipinski definition) is 1. The van der Waals surface area contributed by atoms with E-state index in [1.54, 1.807) is 6.07 Å². The maximum atomic E-state index is 13.2. The van der Waals surface area contributed by atoms with Gasteiger partial charge < -0.3 is 5.32 Å². The van der Waals surface area contributed by atoms with E-state index in [4.69, 9.17) is 0 Å². The van der Waals surface area contributed by atoms with Crippen LogP contribution in [-0.4, -0.2) is 44.7 Å². The number of hydrogen-bond acceptors (Lipinski definition) is 3. The van der Waals surface area contributed by atoms with Gasteiger partial charge >= 0.3 is 0 Å². The van der Waals surface area contributed by atoms with Crippen molar-refractivity contribution < 1.29 is 17.2 Å². The molecule has 0 radical (unpaired) electrons. The molecule has 1 aromatic carbocycles. The van der Waals surface area contributed by atoms with Crippen LogP contribution >= 0.6 is 0 Å². The summed E-state index contributed by atoms with van der Waals surface area (Å²) in [6.45, 7) is 3.64. The van der Waals surface area contributed by atoms with Gasteiger partial charge in [0.05, 0.1) is 6.26 Å². The number of nitrogens with zero attached hydrogens (tertiary/aromatic N) is 1. The Kier molecular flexibility index (Phi) is 5.52. The Morgan fingerprint density at radius 3 is 2.45 bits per heavy atom. The normalized spacial score (nSPS) is 19.3. The van der Waals surface area contributed by atoms with Crippen LogP contribution in [0.3, 0.4) is 0 Å². The van der Waals surface area contributed by atoms with Crippen molar-refractivity contribution in [3.63, 3.8) is 0 Å². The van der Waals surface area contributed by atoms with E-state index in [9.17, 15) is 17.2 Å². The lowest BCUT2D eigenvalue weighted by Gasteiger charge is -2.31. The predicted molar refractivity (Wildman–Crippen MR) is 82.2 cm³/mol. The molecule has 1 aromatic rings. The van der Waals surface area contributed by atoms with Crippen LogP contribution in [0.2, 0.25) is 0 Å². The van der Waals surface area contributed by atoms with Gasteiger partial charge in [-0.2, -0.15) is 0 Å². The molecular weight excluding hydrogens is 310 g/mol. The number of benzene rings is 1. The second-order valence-corrected chi connectivity index (χ2v) is 7.90. The predicted octanol–water partition coefficient (Wildman–Crippen LogP) is 2.08. The van der Waals surface area contributed by atoms with E-state index in [2.05, 4.69) is 5.32 Å². The molecule has 1 aliphatic rings. The Balaban J connectivity index is 1.82. The third-order valence-electron chi connectivity index (χ3n) is 4.15. The van der Waals surface area contributed by atoms with Crippen LogP contribution in [0.4, 0.5) is 8.78 Å². The van der Waals surface area contributed by atoms with E-state index < -0.39 is 21.7 Å². The second kappa shape index (κ2) is 7.02. The molecule has 1 saturated heterocycles. The van der Waals surface area contributed by atoms with Gasteiger partial charge in [0.2, 0.25) is 10.0 Å². The van der Waals surface area contributed by atoms with Crippen LogP contribution in [0.15, 0.2) is 18.2 Å². The average molecular weight is 332 g/mol. The first-order valence-corrected chi connectivity index (χ1v) is 9.25. The molecule has 0 aliphatic carbocycles. The highest BCUT2D eigenvalue weighted by atomic mass is 32.2. The molecule has 0 aromatic heterocycles. The van der Waals surface area contributed by atoms with Crippen molar-refractivity contribution >= 4 is 10.0 Å². The average Bonchev–Trinajstić information content (AvgIpc) is 2.47. The number of nitrogens with one attached hydrogen (secondary N) is 1. The first kappa shape index (κ1) is 17.3. The highest BCUT2D eigenvalue weighted by Crippen LogP contribution is 2.19. The molecule has 1 aliphatic heterocycles. The molecule has 1 heterocycles. The van der Waals surface area contributed by atoms with E-state index >= 15 is 0 Å². The fourth-order valence-electron chi connectivity index (χ4n) is 2.67. The van der Waals surface area contributed by atoms with E-state index in [0.29, 0.717) is 19.6 Å². The third-order valence-corrected chi connectivity index (χ3v) is 5.45. The molecule has 1 atom stereocenters. The molecule has 0 saturated carbocycles. The Hall–Kier alpha value is -1.05. The minimum absolute atomic E-state index is 0.0584. The first-order chi connectivity index (χ1) is 10.3. The molecule has 0 bridgehead atoms. The zero-order valence-corrected chi connectivity index (χ0v) is 13.7. The lowest BCUT2D eigenvalue weighted by atomic mass is 9.99. The number of sulfonamides is 1. The second-order valence-electron chi connectivity index (χ2n) is 5.92. The summed E-state index contributed by atoms with van der Waals surface area (Å²) in [5, 5.41) is 3.39. The van der Waals surface area contributed by atoms with Crippen LogP contribution in [0.1, 0.15) is 31.2 Å². The smallest absolute Gasteiger partial charge is 0.211 e. The fourth-order valence-corrected chi connectivity index (χ4v) is 3.55. The minimum atomic E-state index is -3.10. The Morgan fingerprint density at radius 1 is 1.27 bits per heavy atom. The summed E-state index contributed by atoms with van der Waals surface area (Å²) >= 11 is 0. The maximum Gasteiger partial charge on any atom is 0.211 e. The third kappa shape index (κ3) is 4.47. The van der Waals surface area contributed by atoms with E-state index in [-0.39, 0.29) is 12.0 Å². The van der Waals surface area contributed by atoms with Gasteiger partial charge in [-0.15, -0.1) is 0 Å². The molecule has 1 fully saturated rings. The maximum absolute atomic E-state index is 13.2. The molecule has 4 nitrogen and oxygen atoms in total. The molecule has 0 unspecified atom stereocenters. The van der Waals surface area contributed by atoms with Crippen LogP contribution in [0, 0.1) is 11.6 Å². The largest absolute Gasteiger partial charge is 0.313 e. The Labute approximate surface area is 130 Å². The van der Waals surface area contributed by atoms with E-state index in [0.717, 1.165) is 24.5 Å². The summed E-state index contributed by atoms with van der Waals surface area (Å²) in [5.74, 6) is -1.61. The van der Waals surface area contributed by atoms with Crippen molar-refractivity contribution in [3.05, 3.63) is 35.4 Å². The van der Waals surface area contributed by atoms with Crippen molar-refractivity contribution in [1.29, 1.82) is 0 Å². The molecule has 1 N–H and O–H groups in total. The van der Waals surface area contributed by atoms with Crippen molar-refractivity contribution in [3.8, 4) is 0 Å². The molecule has 22 heavy (non-hydrogen) atoms. The highest BCUT2D eigenvalue weighted by molar-refractivity contribution is 7.88. The summed E-state index contributed by atoms with van der Waals surface area (Å²) in [4.78, 5) is 0. The zero-order valence-electron chi connectivity index (χ0n) is 12.9. The van der Waals surface area contributed by atoms with Crippen molar-refractivity contribution in [1.82, 2.24) is 9.62 Å². The summed E-state index contributed by atoms with van der Waals surface area (Å²) < 4.78 is 50.5. The van der Waals surface area contributed by atoms with Gasteiger partial charge in [-0.3, -0.25) is 0 Å². The summed E-state index contributed by atoms with van der Waals surface area (Å²) in [6, 6.07) is 4.22. The quantitative estimate of drug-likeness (QED) is 0.898. The van der Waals surface area contributed by atoms with E-state index in [1.807, 2.05) is 6.92 Å². The number of piperidine rings is 1. The van der Waals surface area contributed by atoms with Crippen LogP contribution in [-0.2, 0) is 10.0 Å². The number of halogens is 2. The molecule has 124 valence electrons. The monoisotopic (exact) mass is 332 g/mol. The fraction of sp³-hybridized carbons (Fsp3) is 0.600. The zero-order chi connectivity index (χ0) is 16.3. The molecule has 7 heteroatoms. The summed E-state index contributed by atoms with van der Waals surface area (Å²) in [5.41, 5.74) is 0.750. The minimum Gasteiger partial charge on any atom is -0.313 e. The molecule has 2 rings (SSSR count). The van der Waals surface area contributed by atoms with Crippen LogP contribution in [0.25, 0.3) is 0 Å². The SMILES string of the molecule is C[C@@H](CNC1CCN(S(C)(=O)=O)CC1)c1ccc(F)c(F)c1. The van der Waals surface area contributed by atoms with Crippen LogP contribution < -0.4 is 5.32 Å². The van der Waals surface area contributed by atoms with Gasteiger partial charge in [0.1, 0.15) is 0 Å². The highest BCUT2D eigenvalue weighted by Gasteiger charge is 2.24. The van der Waals surface area contributed by atoms with Crippen molar-refractivity contribution in [2.24, 2.45) is 0 Å². The first-order valence-electron chi connectivity index (χ1n) is 7.41. The van der Waals surface area contributed by atoms with Gasteiger partial charge in [0, 0.05) is 25.7 Å². The van der Waals surface area contributed by atoms with Gasteiger partial charge in [0.25, 0.3) is 0 Å². The van der Waals surface area contributed by atoms with Gasteiger partial charge in [-0.05, 0) is 36.5 Å². The van der Waals surface area contributed by atoms with Gasteiger partial charge in [-0.1, -0.05) is 13.0 Å². The Morgan fingerprint density at radius 2 is 1.91 bits per heavy atom. The molecule has 0 amide bonds.